The molecule has 1 aromatic carbocycles. The fraction of sp³-hybridized carbons (Fsp3) is 0.625. The molecular formula is C16H26FNO3. The Kier molecular flexibility index (Phi) is 8.45. The van der Waals surface area contributed by atoms with Crippen molar-refractivity contribution < 1.29 is 19.0 Å². The number of halogens is 1. The van der Waals surface area contributed by atoms with Crippen molar-refractivity contribution in [3.63, 3.8) is 0 Å². The Hall–Kier alpha value is -1.01. The van der Waals surface area contributed by atoms with E-state index in [1.807, 2.05) is 24.8 Å². The molecule has 0 aliphatic carbocycles. The molecule has 0 spiro atoms. The van der Waals surface area contributed by atoms with Gasteiger partial charge in [-0.05, 0) is 19.9 Å². The van der Waals surface area contributed by atoms with E-state index in [9.17, 15) is 9.50 Å². The quantitative estimate of drug-likeness (QED) is 0.718. The van der Waals surface area contributed by atoms with E-state index in [1.54, 1.807) is 19.2 Å². The Labute approximate surface area is 126 Å². The highest BCUT2D eigenvalue weighted by atomic mass is 19.1. The van der Waals surface area contributed by atoms with Gasteiger partial charge in [-0.3, -0.25) is 4.90 Å². The van der Waals surface area contributed by atoms with Gasteiger partial charge in [-0.2, -0.15) is 0 Å². The summed E-state index contributed by atoms with van der Waals surface area (Å²) in [6.45, 7) is 6.15. The van der Waals surface area contributed by atoms with E-state index < -0.39 is 6.10 Å². The maximum absolute atomic E-state index is 13.7. The lowest BCUT2D eigenvalue weighted by atomic mass is 10.2. The summed E-state index contributed by atoms with van der Waals surface area (Å²) in [6.07, 6.45) is -0.519. The number of aliphatic hydroxyl groups excluding tert-OH is 1. The Morgan fingerprint density at radius 3 is 2.62 bits per heavy atom. The Morgan fingerprint density at radius 1 is 1.29 bits per heavy atom. The van der Waals surface area contributed by atoms with E-state index in [0.29, 0.717) is 31.8 Å². The molecule has 5 heteroatoms. The molecule has 1 N–H and O–H groups in total. The molecule has 0 radical (unpaired) electrons. The van der Waals surface area contributed by atoms with E-state index in [2.05, 4.69) is 0 Å². The second kappa shape index (κ2) is 9.84. The maximum Gasteiger partial charge on any atom is 0.127 e. The molecular weight excluding hydrogens is 273 g/mol. The zero-order valence-electron chi connectivity index (χ0n) is 13.1. The molecule has 0 aromatic heterocycles. The first-order valence-electron chi connectivity index (χ1n) is 7.27. The molecule has 1 rings (SSSR count). The van der Waals surface area contributed by atoms with Crippen molar-refractivity contribution in [3.05, 3.63) is 35.6 Å². The average molecular weight is 299 g/mol. The number of rotatable bonds is 10. The summed E-state index contributed by atoms with van der Waals surface area (Å²) in [5, 5.41) is 10.0. The molecule has 21 heavy (non-hydrogen) atoms. The molecule has 0 saturated carbocycles. The van der Waals surface area contributed by atoms with Crippen LogP contribution in [-0.4, -0.2) is 55.6 Å². The molecule has 0 aliphatic rings. The Balaban J connectivity index is 2.56. The van der Waals surface area contributed by atoms with Crippen molar-refractivity contribution in [2.75, 3.05) is 33.4 Å². The monoisotopic (exact) mass is 299 g/mol. The van der Waals surface area contributed by atoms with E-state index in [-0.39, 0.29) is 18.5 Å². The minimum Gasteiger partial charge on any atom is -0.389 e. The summed E-state index contributed by atoms with van der Waals surface area (Å²) in [5.41, 5.74) is 0.616. The molecule has 0 saturated heterocycles. The van der Waals surface area contributed by atoms with Crippen molar-refractivity contribution in [1.29, 1.82) is 0 Å². The topological polar surface area (TPSA) is 41.9 Å². The Morgan fingerprint density at radius 2 is 2.00 bits per heavy atom. The molecule has 0 bridgehead atoms. The van der Waals surface area contributed by atoms with Crippen LogP contribution in [-0.2, 0) is 16.0 Å². The molecule has 120 valence electrons. The predicted molar refractivity (Wildman–Crippen MR) is 80.6 cm³/mol. The average Bonchev–Trinajstić information content (AvgIpc) is 2.45. The first-order valence-corrected chi connectivity index (χ1v) is 7.27. The number of nitrogens with zero attached hydrogens (tertiary/aromatic N) is 1. The van der Waals surface area contributed by atoms with Crippen LogP contribution in [0, 0.1) is 5.82 Å². The fourth-order valence-corrected chi connectivity index (χ4v) is 1.98. The van der Waals surface area contributed by atoms with Crippen LogP contribution in [0.1, 0.15) is 19.4 Å². The fourth-order valence-electron chi connectivity index (χ4n) is 1.98. The minimum atomic E-state index is -0.601. The van der Waals surface area contributed by atoms with Crippen LogP contribution >= 0.6 is 0 Å². The zero-order chi connectivity index (χ0) is 15.7. The van der Waals surface area contributed by atoms with Crippen molar-refractivity contribution in [2.45, 2.75) is 32.6 Å². The molecule has 1 unspecified atom stereocenters. The second-order valence-corrected chi connectivity index (χ2v) is 5.36. The normalized spacial score (nSPS) is 13.1. The van der Waals surface area contributed by atoms with Crippen LogP contribution in [0.3, 0.4) is 0 Å². The number of methoxy groups -OCH3 is 1. The maximum atomic E-state index is 13.7. The second-order valence-electron chi connectivity index (χ2n) is 5.36. The van der Waals surface area contributed by atoms with Gasteiger partial charge in [0.1, 0.15) is 5.82 Å². The third kappa shape index (κ3) is 7.52. The van der Waals surface area contributed by atoms with Crippen molar-refractivity contribution in [1.82, 2.24) is 4.90 Å². The van der Waals surface area contributed by atoms with Gasteiger partial charge < -0.3 is 14.6 Å². The van der Waals surface area contributed by atoms with Crippen molar-refractivity contribution >= 4 is 0 Å². The highest BCUT2D eigenvalue weighted by molar-refractivity contribution is 5.17. The lowest BCUT2D eigenvalue weighted by Crippen LogP contribution is -2.37. The van der Waals surface area contributed by atoms with Gasteiger partial charge in [0, 0.05) is 32.3 Å². The summed E-state index contributed by atoms with van der Waals surface area (Å²) in [5.74, 6) is -0.229. The molecule has 1 aromatic rings. The van der Waals surface area contributed by atoms with Crippen LogP contribution in [0.4, 0.5) is 4.39 Å². The van der Waals surface area contributed by atoms with Crippen molar-refractivity contribution in [2.24, 2.45) is 0 Å². The lowest BCUT2D eigenvalue weighted by molar-refractivity contribution is -0.0122. The summed E-state index contributed by atoms with van der Waals surface area (Å²) in [4.78, 5) is 1.97. The largest absolute Gasteiger partial charge is 0.389 e. The third-order valence-corrected chi connectivity index (χ3v) is 3.05. The van der Waals surface area contributed by atoms with Gasteiger partial charge in [-0.1, -0.05) is 18.2 Å². The highest BCUT2D eigenvalue weighted by Crippen LogP contribution is 2.10. The number of hydrogen-bond acceptors (Lipinski definition) is 4. The molecule has 0 fully saturated rings. The van der Waals surface area contributed by atoms with E-state index in [0.717, 1.165) is 0 Å². The van der Waals surface area contributed by atoms with Gasteiger partial charge >= 0.3 is 0 Å². The summed E-state index contributed by atoms with van der Waals surface area (Å²) in [6, 6.07) is 6.68. The van der Waals surface area contributed by atoms with E-state index in [1.165, 1.54) is 6.07 Å². The van der Waals surface area contributed by atoms with Gasteiger partial charge in [0.05, 0.1) is 25.4 Å². The molecule has 0 heterocycles. The smallest absolute Gasteiger partial charge is 0.127 e. The van der Waals surface area contributed by atoms with Crippen LogP contribution in [0.15, 0.2) is 24.3 Å². The van der Waals surface area contributed by atoms with E-state index in [4.69, 9.17) is 9.47 Å². The molecule has 0 aliphatic heterocycles. The number of benzene rings is 1. The predicted octanol–water partition coefficient (Wildman–Crippen LogP) is 2.06. The third-order valence-electron chi connectivity index (χ3n) is 3.05. The first-order chi connectivity index (χ1) is 10.0. The standard InChI is InChI=1S/C16H26FNO3/c1-13(2)21-12-15(19)11-18(8-9-20-3)10-14-6-4-5-7-16(14)17/h4-7,13,15,19H,8-12H2,1-3H3. The molecule has 4 nitrogen and oxygen atoms in total. The van der Waals surface area contributed by atoms with Gasteiger partial charge in [0.15, 0.2) is 0 Å². The van der Waals surface area contributed by atoms with Crippen LogP contribution < -0.4 is 0 Å². The van der Waals surface area contributed by atoms with Gasteiger partial charge in [0.25, 0.3) is 0 Å². The molecule has 0 amide bonds. The van der Waals surface area contributed by atoms with Crippen LogP contribution in [0.25, 0.3) is 0 Å². The number of aliphatic hydroxyl groups is 1. The summed E-state index contributed by atoms with van der Waals surface area (Å²) in [7, 11) is 1.62. The van der Waals surface area contributed by atoms with E-state index >= 15 is 0 Å². The van der Waals surface area contributed by atoms with Gasteiger partial charge in [0.2, 0.25) is 0 Å². The number of ether oxygens (including phenoxy) is 2. The summed E-state index contributed by atoms with van der Waals surface area (Å²) < 4.78 is 24.2. The van der Waals surface area contributed by atoms with Gasteiger partial charge in [-0.15, -0.1) is 0 Å². The highest BCUT2D eigenvalue weighted by Gasteiger charge is 2.14. The Bertz CT molecular complexity index is 401. The van der Waals surface area contributed by atoms with Crippen LogP contribution in [0.2, 0.25) is 0 Å². The molecule has 1 atom stereocenters. The van der Waals surface area contributed by atoms with Gasteiger partial charge in [-0.25, -0.2) is 4.39 Å². The zero-order valence-corrected chi connectivity index (χ0v) is 13.1. The number of hydrogen-bond donors (Lipinski definition) is 1. The first kappa shape index (κ1) is 18.0. The summed E-state index contributed by atoms with van der Waals surface area (Å²) >= 11 is 0. The SMILES string of the molecule is COCCN(Cc1ccccc1F)CC(O)COC(C)C. The van der Waals surface area contributed by atoms with Crippen molar-refractivity contribution in [3.8, 4) is 0 Å². The minimum absolute atomic E-state index is 0.0821. The lowest BCUT2D eigenvalue weighted by Gasteiger charge is -2.25. The van der Waals surface area contributed by atoms with Crippen LogP contribution in [0.5, 0.6) is 0 Å².